The number of fused-ring (bicyclic) bond motifs is 1. The first-order valence-corrected chi connectivity index (χ1v) is 6.65. The van der Waals surface area contributed by atoms with Crippen molar-refractivity contribution in [1.82, 2.24) is 9.55 Å². The molecule has 100 valence electrons. The highest BCUT2D eigenvalue weighted by molar-refractivity contribution is 5.59. The molecule has 2 N–H and O–H groups in total. The Hall–Kier alpha value is -1.81. The average molecular weight is 257 g/mol. The molecule has 0 amide bonds. The van der Waals surface area contributed by atoms with Gasteiger partial charge < -0.3 is 15.0 Å². The first-order chi connectivity index (χ1) is 9.19. The number of methoxy groups -OCH3 is 1. The van der Waals surface area contributed by atoms with Gasteiger partial charge in [0.2, 0.25) is 0 Å². The summed E-state index contributed by atoms with van der Waals surface area (Å²) in [5.74, 6) is 1.86. The number of ether oxygens (including phenoxy) is 1. The van der Waals surface area contributed by atoms with Crippen molar-refractivity contribution in [1.29, 1.82) is 0 Å². The van der Waals surface area contributed by atoms with Gasteiger partial charge in [-0.05, 0) is 31.9 Å². The van der Waals surface area contributed by atoms with Crippen molar-refractivity contribution in [2.75, 3.05) is 7.11 Å². The standard InChI is InChI=1S/C15H19N3O/c1-10-14-7-6-12(16)9-18(14)15(17-10)11-4-3-5-13(8-11)19-2/h3-5,8,12H,6-7,9,16H2,1-2H3. The minimum absolute atomic E-state index is 0.227. The summed E-state index contributed by atoms with van der Waals surface area (Å²) in [6.07, 6.45) is 2.06. The van der Waals surface area contributed by atoms with E-state index in [1.54, 1.807) is 7.11 Å². The van der Waals surface area contributed by atoms with Crippen LogP contribution in [0.3, 0.4) is 0 Å². The molecule has 0 aliphatic carbocycles. The molecule has 1 aromatic heterocycles. The maximum Gasteiger partial charge on any atom is 0.140 e. The SMILES string of the molecule is COc1cccc(-c2nc(C)c3n2CC(N)CC3)c1. The Labute approximate surface area is 113 Å². The zero-order valence-electron chi connectivity index (χ0n) is 11.4. The molecule has 1 aromatic carbocycles. The Balaban J connectivity index is 2.10. The number of aryl methyl sites for hydroxylation is 1. The molecule has 1 atom stereocenters. The zero-order valence-corrected chi connectivity index (χ0v) is 11.4. The number of nitrogens with two attached hydrogens (primary N) is 1. The lowest BCUT2D eigenvalue weighted by atomic mass is 10.0. The van der Waals surface area contributed by atoms with Crippen LogP contribution >= 0.6 is 0 Å². The number of hydrogen-bond donors (Lipinski definition) is 1. The molecule has 0 radical (unpaired) electrons. The topological polar surface area (TPSA) is 53.1 Å². The van der Waals surface area contributed by atoms with Gasteiger partial charge >= 0.3 is 0 Å². The van der Waals surface area contributed by atoms with Gasteiger partial charge in [-0.1, -0.05) is 12.1 Å². The van der Waals surface area contributed by atoms with E-state index in [0.29, 0.717) is 0 Å². The van der Waals surface area contributed by atoms with Crippen LogP contribution in [0.25, 0.3) is 11.4 Å². The van der Waals surface area contributed by atoms with Gasteiger partial charge in [0.25, 0.3) is 0 Å². The number of benzene rings is 1. The lowest BCUT2D eigenvalue weighted by Gasteiger charge is -2.22. The highest BCUT2D eigenvalue weighted by Gasteiger charge is 2.22. The highest BCUT2D eigenvalue weighted by Crippen LogP contribution is 2.28. The minimum Gasteiger partial charge on any atom is -0.497 e. The van der Waals surface area contributed by atoms with Crippen LogP contribution in [0.4, 0.5) is 0 Å². The Morgan fingerprint density at radius 3 is 3.05 bits per heavy atom. The summed E-state index contributed by atoms with van der Waals surface area (Å²) < 4.78 is 7.55. The Morgan fingerprint density at radius 1 is 1.42 bits per heavy atom. The maximum atomic E-state index is 6.09. The molecule has 1 aliphatic rings. The van der Waals surface area contributed by atoms with Crippen molar-refractivity contribution in [3.63, 3.8) is 0 Å². The number of nitrogens with zero attached hydrogens (tertiary/aromatic N) is 2. The zero-order chi connectivity index (χ0) is 13.4. The van der Waals surface area contributed by atoms with Gasteiger partial charge in [0.15, 0.2) is 0 Å². The number of hydrogen-bond acceptors (Lipinski definition) is 3. The van der Waals surface area contributed by atoms with Crippen LogP contribution in [-0.2, 0) is 13.0 Å². The third-order valence-electron chi connectivity index (χ3n) is 3.77. The monoisotopic (exact) mass is 257 g/mol. The average Bonchev–Trinajstić information content (AvgIpc) is 2.75. The number of aromatic nitrogens is 2. The summed E-state index contributed by atoms with van der Waals surface area (Å²) in [6.45, 7) is 2.93. The van der Waals surface area contributed by atoms with E-state index in [-0.39, 0.29) is 6.04 Å². The molecule has 0 saturated heterocycles. The molecule has 19 heavy (non-hydrogen) atoms. The largest absolute Gasteiger partial charge is 0.497 e. The van der Waals surface area contributed by atoms with E-state index < -0.39 is 0 Å². The van der Waals surface area contributed by atoms with Crippen molar-refractivity contribution in [3.05, 3.63) is 35.7 Å². The van der Waals surface area contributed by atoms with Crippen LogP contribution in [0.2, 0.25) is 0 Å². The summed E-state index contributed by atoms with van der Waals surface area (Å²) in [7, 11) is 1.68. The number of rotatable bonds is 2. The van der Waals surface area contributed by atoms with Gasteiger partial charge in [0.05, 0.1) is 12.8 Å². The van der Waals surface area contributed by atoms with E-state index in [9.17, 15) is 0 Å². The van der Waals surface area contributed by atoms with Crippen LogP contribution in [0.1, 0.15) is 17.8 Å². The predicted molar refractivity (Wildman–Crippen MR) is 75.2 cm³/mol. The van der Waals surface area contributed by atoms with Crippen molar-refractivity contribution in [2.45, 2.75) is 32.4 Å². The fourth-order valence-electron chi connectivity index (χ4n) is 2.75. The fraction of sp³-hybridized carbons (Fsp3) is 0.400. The van der Waals surface area contributed by atoms with Gasteiger partial charge in [-0.15, -0.1) is 0 Å². The molecular formula is C15H19N3O. The Kier molecular flexibility index (Phi) is 3.03. The van der Waals surface area contributed by atoms with Crippen LogP contribution in [0.15, 0.2) is 24.3 Å². The smallest absolute Gasteiger partial charge is 0.140 e. The summed E-state index contributed by atoms with van der Waals surface area (Å²) in [6, 6.07) is 8.26. The second-order valence-electron chi connectivity index (χ2n) is 5.11. The predicted octanol–water partition coefficient (Wildman–Crippen LogP) is 2.14. The lowest BCUT2D eigenvalue weighted by molar-refractivity contribution is 0.415. The van der Waals surface area contributed by atoms with Gasteiger partial charge in [0, 0.05) is 23.8 Å². The van der Waals surface area contributed by atoms with Crippen molar-refractivity contribution < 1.29 is 4.74 Å². The van der Waals surface area contributed by atoms with Crippen LogP contribution < -0.4 is 10.5 Å². The molecule has 0 fully saturated rings. The van der Waals surface area contributed by atoms with E-state index in [2.05, 4.69) is 17.6 Å². The van der Waals surface area contributed by atoms with Gasteiger partial charge in [0.1, 0.15) is 11.6 Å². The van der Waals surface area contributed by atoms with E-state index >= 15 is 0 Å². The molecule has 3 rings (SSSR count). The molecule has 2 heterocycles. The maximum absolute atomic E-state index is 6.09. The molecule has 0 bridgehead atoms. The van der Waals surface area contributed by atoms with Crippen LogP contribution in [0, 0.1) is 6.92 Å². The fourth-order valence-corrected chi connectivity index (χ4v) is 2.75. The second-order valence-corrected chi connectivity index (χ2v) is 5.11. The quantitative estimate of drug-likeness (QED) is 0.896. The first-order valence-electron chi connectivity index (χ1n) is 6.65. The van der Waals surface area contributed by atoms with E-state index in [1.807, 2.05) is 18.2 Å². The summed E-state index contributed by atoms with van der Waals surface area (Å²) in [4.78, 5) is 4.72. The minimum atomic E-state index is 0.227. The Bertz CT molecular complexity index is 603. The number of imidazole rings is 1. The second kappa shape index (κ2) is 4.70. The van der Waals surface area contributed by atoms with Crippen molar-refractivity contribution in [3.8, 4) is 17.1 Å². The summed E-state index contributed by atoms with van der Waals surface area (Å²) >= 11 is 0. The molecule has 1 aliphatic heterocycles. The third kappa shape index (κ3) is 2.12. The van der Waals surface area contributed by atoms with Gasteiger partial charge in [-0.3, -0.25) is 0 Å². The van der Waals surface area contributed by atoms with Crippen LogP contribution in [0.5, 0.6) is 5.75 Å². The van der Waals surface area contributed by atoms with Crippen LogP contribution in [-0.4, -0.2) is 22.7 Å². The molecular weight excluding hydrogens is 238 g/mol. The van der Waals surface area contributed by atoms with Gasteiger partial charge in [-0.2, -0.15) is 0 Å². The molecule has 2 aromatic rings. The summed E-state index contributed by atoms with van der Waals surface area (Å²) in [5.41, 5.74) is 9.61. The normalized spacial score (nSPS) is 18.2. The molecule has 0 saturated carbocycles. The molecule has 4 heteroatoms. The van der Waals surface area contributed by atoms with E-state index in [0.717, 1.165) is 42.2 Å². The first kappa shape index (κ1) is 12.2. The van der Waals surface area contributed by atoms with E-state index in [1.165, 1.54) is 5.69 Å². The van der Waals surface area contributed by atoms with Crippen molar-refractivity contribution >= 4 is 0 Å². The van der Waals surface area contributed by atoms with Gasteiger partial charge in [-0.25, -0.2) is 4.98 Å². The third-order valence-corrected chi connectivity index (χ3v) is 3.77. The van der Waals surface area contributed by atoms with Crippen molar-refractivity contribution in [2.24, 2.45) is 5.73 Å². The lowest BCUT2D eigenvalue weighted by Crippen LogP contribution is -2.32. The van der Waals surface area contributed by atoms with E-state index in [4.69, 9.17) is 15.5 Å². The molecule has 4 nitrogen and oxygen atoms in total. The highest BCUT2D eigenvalue weighted by atomic mass is 16.5. The molecule has 0 spiro atoms. The Morgan fingerprint density at radius 2 is 2.26 bits per heavy atom. The summed E-state index contributed by atoms with van der Waals surface area (Å²) in [5, 5.41) is 0. The molecule has 1 unspecified atom stereocenters.